The molecule has 0 aliphatic rings. The zero-order chi connectivity index (χ0) is 33.9. The number of nitrogens with zero attached hydrogens (tertiary/aromatic N) is 7. The second-order valence-corrected chi connectivity index (χ2v) is 9.53. The minimum atomic E-state index is 0.403. The average molecular weight is 672 g/mol. The summed E-state index contributed by atoms with van der Waals surface area (Å²) in [4.78, 5) is 32.1. The maximum atomic E-state index is 8.94. The number of ether oxygens (including phenoxy) is 2. The van der Waals surface area contributed by atoms with Crippen LogP contribution in [0, 0.1) is 0 Å². The number of hydrogen-bond donors (Lipinski definition) is 6. The van der Waals surface area contributed by atoms with E-state index in [0.717, 1.165) is 70.0 Å². The molecule has 0 atom stereocenters. The van der Waals surface area contributed by atoms with Gasteiger partial charge in [-0.2, -0.15) is 5.10 Å². The van der Waals surface area contributed by atoms with E-state index in [1.54, 1.807) is 49.2 Å². The second kappa shape index (κ2) is 20.0. The Bertz CT molecular complexity index is 1750. The molecule has 6 rings (SSSR count). The van der Waals surface area contributed by atoms with Gasteiger partial charge in [0.25, 0.3) is 0 Å². The summed E-state index contributed by atoms with van der Waals surface area (Å²) in [5.74, 6) is 8.35. The third-order valence-electron chi connectivity index (χ3n) is 5.78. The number of rotatable bonds is 7. The summed E-state index contributed by atoms with van der Waals surface area (Å²) < 4.78 is 12.1. The zero-order valence-corrected chi connectivity index (χ0v) is 27.7. The van der Waals surface area contributed by atoms with E-state index in [2.05, 4.69) is 63.3 Å². The molecular weight excluding hydrogens is 634 g/mol. The van der Waals surface area contributed by atoms with Crippen LogP contribution in [0.1, 0.15) is 38.8 Å². The first-order chi connectivity index (χ1) is 22.3. The highest BCUT2D eigenvalue weighted by atomic mass is 35.5. The first-order valence-corrected chi connectivity index (χ1v) is 14.7. The SMILES string of the molecule is CCC(N)=S.CCc1ncn(-c2ncc(OC)c3cc[nH]c23)n1.CCc1ncn[nH]1.COc1cnc(Cl)c2[nH]ccc12.NNC=O. The number of aromatic nitrogens is 10. The summed E-state index contributed by atoms with van der Waals surface area (Å²) in [6, 6.07) is 3.86. The van der Waals surface area contributed by atoms with Gasteiger partial charge in [0.2, 0.25) is 6.41 Å². The Morgan fingerprint density at radius 2 is 1.59 bits per heavy atom. The van der Waals surface area contributed by atoms with E-state index in [0.29, 0.717) is 16.6 Å². The van der Waals surface area contributed by atoms with Crippen LogP contribution in [-0.4, -0.2) is 75.5 Å². The van der Waals surface area contributed by atoms with Crippen molar-refractivity contribution >= 4 is 57.0 Å². The first-order valence-electron chi connectivity index (χ1n) is 13.9. The van der Waals surface area contributed by atoms with Crippen LogP contribution in [0.15, 0.2) is 49.6 Å². The van der Waals surface area contributed by atoms with E-state index in [9.17, 15) is 0 Å². The summed E-state index contributed by atoms with van der Waals surface area (Å²) in [6.45, 7) is 5.98. The molecule has 0 aliphatic carbocycles. The molecule has 0 fully saturated rings. The van der Waals surface area contributed by atoms with Gasteiger partial charge in [-0.1, -0.05) is 44.6 Å². The Kier molecular flexibility index (Phi) is 16.1. The fourth-order valence-corrected chi connectivity index (χ4v) is 3.68. The van der Waals surface area contributed by atoms with E-state index in [1.807, 2.05) is 39.1 Å². The summed E-state index contributed by atoms with van der Waals surface area (Å²) in [5, 5.41) is 13.2. The normalized spacial score (nSPS) is 9.72. The molecule has 0 aromatic carbocycles. The zero-order valence-electron chi connectivity index (χ0n) is 26.1. The van der Waals surface area contributed by atoms with Gasteiger partial charge in [-0.25, -0.2) is 30.5 Å². The van der Waals surface area contributed by atoms with Crippen molar-refractivity contribution < 1.29 is 14.3 Å². The molecule has 6 aromatic rings. The van der Waals surface area contributed by atoms with Crippen molar-refractivity contribution in [3.05, 3.63) is 66.4 Å². The number of aryl methyl sites for hydroxylation is 2. The summed E-state index contributed by atoms with van der Waals surface area (Å²) in [5.41, 5.74) is 8.48. The predicted molar refractivity (Wildman–Crippen MR) is 181 cm³/mol. The standard InChI is InChI=1S/C12H13N5O.C8H7ClN2O.C4H7N3.C3H7NS.CH4N2O/c1-3-10-15-7-17(16-10)12-11-8(4-5-13-11)9(18-2)6-14-12;1-12-6-4-11-8(9)7-5(6)2-3-10-7;1-2-4-5-3-6-7-4;1-2-3(4)5;2-3-1-4/h4-7,13H,3H2,1-2H3;2-4,10H,1H3;3H,2H2,1H3,(H,5,6,7);2H2,1H3,(H2,4,5);1H,2H2,(H,3,4). The summed E-state index contributed by atoms with van der Waals surface area (Å²) >= 11 is 10.3. The fraction of sp³-hybridized carbons (Fsp3) is 0.286. The van der Waals surface area contributed by atoms with Crippen LogP contribution in [0.4, 0.5) is 0 Å². The van der Waals surface area contributed by atoms with Crippen LogP contribution in [0.5, 0.6) is 11.5 Å². The Morgan fingerprint density at radius 1 is 1.00 bits per heavy atom. The average Bonchev–Trinajstić information content (AvgIpc) is 3.92. The molecular formula is C28H38ClN13O3S. The quantitative estimate of drug-likeness (QED) is 0.0357. The lowest BCUT2D eigenvalue weighted by molar-refractivity contribution is -0.109. The monoisotopic (exact) mass is 671 g/mol. The summed E-state index contributed by atoms with van der Waals surface area (Å²) in [7, 11) is 3.24. The highest BCUT2D eigenvalue weighted by Crippen LogP contribution is 2.28. The Balaban J connectivity index is 0.000000226. The Labute approximate surface area is 275 Å². The van der Waals surface area contributed by atoms with Gasteiger partial charge >= 0.3 is 0 Å². The number of methoxy groups -OCH3 is 2. The van der Waals surface area contributed by atoms with E-state index >= 15 is 0 Å². The lowest BCUT2D eigenvalue weighted by atomic mass is 10.3. The third-order valence-corrected chi connectivity index (χ3v) is 6.36. The number of H-pyrrole nitrogens is 3. The largest absolute Gasteiger partial charge is 0.494 e. The second-order valence-electron chi connectivity index (χ2n) is 8.65. The van der Waals surface area contributed by atoms with Gasteiger partial charge in [0.15, 0.2) is 16.8 Å². The van der Waals surface area contributed by atoms with Gasteiger partial charge in [-0.05, 0) is 18.6 Å². The molecule has 0 aliphatic heterocycles. The minimum Gasteiger partial charge on any atom is -0.494 e. The smallest absolute Gasteiger partial charge is 0.221 e. The molecule has 0 radical (unpaired) electrons. The van der Waals surface area contributed by atoms with E-state index < -0.39 is 0 Å². The Morgan fingerprint density at radius 3 is 2.04 bits per heavy atom. The van der Waals surface area contributed by atoms with Crippen LogP contribution >= 0.6 is 23.8 Å². The maximum Gasteiger partial charge on any atom is 0.221 e. The van der Waals surface area contributed by atoms with Crippen LogP contribution in [0.3, 0.4) is 0 Å². The van der Waals surface area contributed by atoms with E-state index in [1.165, 1.54) is 6.33 Å². The van der Waals surface area contributed by atoms with Crippen molar-refractivity contribution in [2.45, 2.75) is 40.0 Å². The first kappa shape index (κ1) is 37.1. The van der Waals surface area contributed by atoms with Gasteiger partial charge in [0, 0.05) is 36.0 Å². The van der Waals surface area contributed by atoms with Gasteiger partial charge < -0.3 is 25.2 Å². The predicted octanol–water partition coefficient (Wildman–Crippen LogP) is 3.60. The number of nitrogens with one attached hydrogen (secondary N) is 4. The number of amides is 1. The van der Waals surface area contributed by atoms with Crippen LogP contribution in [0.25, 0.3) is 27.6 Å². The molecule has 18 heteroatoms. The molecule has 6 heterocycles. The number of halogens is 1. The molecule has 46 heavy (non-hydrogen) atoms. The van der Waals surface area contributed by atoms with Gasteiger partial charge in [0.05, 0.1) is 42.6 Å². The van der Waals surface area contributed by atoms with Crippen LogP contribution < -0.4 is 26.5 Å². The number of hydrogen-bond acceptors (Lipinski definition) is 11. The number of fused-ring (bicyclic) bond motifs is 2. The Hall–Kier alpha value is -5.13. The van der Waals surface area contributed by atoms with E-state index in [4.69, 9.17) is 31.6 Å². The number of carbonyl (C=O) groups excluding carboxylic acids is 1. The number of aromatic amines is 3. The number of pyridine rings is 2. The number of hydrazine groups is 1. The molecule has 0 bridgehead atoms. The molecule has 0 saturated carbocycles. The minimum absolute atomic E-state index is 0.403. The highest BCUT2D eigenvalue weighted by Gasteiger charge is 2.12. The highest BCUT2D eigenvalue weighted by molar-refractivity contribution is 7.80. The lowest BCUT2D eigenvalue weighted by Gasteiger charge is -2.05. The topological polar surface area (TPSA) is 229 Å². The molecule has 0 spiro atoms. The van der Waals surface area contributed by atoms with Crippen molar-refractivity contribution in [2.75, 3.05) is 14.2 Å². The van der Waals surface area contributed by atoms with Crippen LogP contribution in [0.2, 0.25) is 5.15 Å². The molecule has 6 aromatic heterocycles. The fourth-order valence-electron chi connectivity index (χ4n) is 3.47. The number of thiocarbonyl (C=S) groups is 1. The van der Waals surface area contributed by atoms with Crippen molar-refractivity contribution in [1.82, 2.24) is 55.3 Å². The van der Waals surface area contributed by atoms with Gasteiger partial charge in [-0.3, -0.25) is 15.3 Å². The molecule has 246 valence electrons. The van der Waals surface area contributed by atoms with Gasteiger partial charge in [0.1, 0.15) is 30.0 Å². The van der Waals surface area contributed by atoms with Gasteiger partial charge in [-0.15, -0.1) is 5.10 Å². The van der Waals surface area contributed by atoms with Crippen molar-refractivity contribution in [3.63, 3.8) is 0 Å². The summed E-state index contributed by atoms with van der Waals surface area (Å²) in [6.07, 6.45) is 13.1. The number of carbonyl (C=O) groups is 1. The van der Waals surface area contributed by atoms with Crippen molar-refractivity contribution in [3.8, 4) is 17.3 Å². The van der Waals surface area contributed by atoms with E-state index in [-0.39, 0.29) is 0 Å². The molecule has 1 amide bonds. The molecule has 16 nitrogen and oxygen atoms in total. The maximum absolute atomic E-state index is 8.94. The van der Waals surface area contributed by atoms with Crippen LogP contribution in [-0.2, 0) is 17.6 Å². The van der Waals surface area contributed by atoms with Crippen molar-refractivity contribution in [2.24, 2.45) is 11.6 Å². The van der Waals surface area contributed by atoms with Crippen molar-refractivity contribution in [1.29, 1.82) is 0 Å². The molecule has 0 unspecified atom stereocenters. The lowest BCUT2D eigenvalue weighted by Crippen LogP contribution is -2.18. The number of nitrogens with two attached hydrogens (primary N) is 2. The molecule has 0 saturated heterocycles. The molecule has 8 N–H and O–H groups in total. The third kappa shape index (κ3) is 10.8.